The molecule has 5 rings (SSSR count). The van der Waals surface area contributed by atoms with Crippen molar-refractivity contribution in [2.24, 2.45) is 27.7 Å². The average Bonchev–Trinajstić information content (AvgIpc) is 3.40. The predicted octanol–water partition coefficient (Wildman–Crippen LogP) is 4.48. The second-order valence-electron chi connectivity index (χ2n) is 12.1. The first-order valence-corrected chi connectivity index (χ1v) is 14.7. The third kappa shape index (κ3) is 6.08. The number of carbonyl (C=O) groups excluding carboxylic acids is 2. The van der Waals surface area contributed by atoms with Crippen LogP contribution in [0.25, 0.3) is 0 Å². The van der Waals surface area contributed by atoms with Crippen molar-refractivity contribution in [2.75, 3.05) is 13.1 Å². The smallest absolute Gasteiger partial charge is 0.334 e. The van der Waals surface area contributed by atoms with E-state index in [1.54, 1.807) is 0 Å². The van der Waals surface area contributed by atoms with E-state index < -0.39 is 18.2 Å². The van der Waals surface area contributed by atoms with E-state index in [-0.39, 0.29) is 41.5 Å². The highest BCUT2D eigenvalue weighted by Gasteiger charge is 2.61. The summed E-state index contributed by atoms with van der Waals surface area (Å²) in [5.41, 5.74) is 3.07. The van der Waals surface area contributed by atoms with Crippen LogP contribution < -0.4 is 0 Å². The van der Waals surface area contributed by atoms with Crippen molar-refractivity contribution in [3.63, 3.8) is 0 Å². The number of rotatable bonds is 5. The van der Waals surface area contributed by atoms with Crippen LogP contribution in [0.3, 0.4) is 0 Å². The van der Waals surface area contributed by atoms with Crippen molar-refractivity contribution >= 4 is 24.4 Å². The van der Waals surface area contributed by atoms with Crippen LogP contribution in [0.5, 0.6) is 0 Å². The number of carbonyl (C=O) groups is 2. The van der Waals surface area contributed by atoms with Gasteiger partial charge in [0, 0.05) is 35.4 Å². The highest BCUT2D eigenvalue weighted by molar-refractivity contribution is 5.91. The molecule has 1 N–H and O–H groups in total. The fourth-order valence-corrected chi connectivity index (χ4v) is 6.52. The number of aliphatic hydroxyl groups excluding tert-OH is 1. The van der Waals surface area contributed by atoms with E-state index in [2.05, 4.69) is 42.2 Å². The van der Waals surface area contributed by atoms with Gasteiger partial charge in [0.05, 0.1) is 24.8 Å². The third-order valence-electron chi connectivity index (χ3n) is 9.29. The summed E-state index contributed by atoms with van der Waals surface area (Å²) in [6.07, 6.45) is 13.3. The molecule has 8 nitrogen and oxygen atoms in total. The maximum atomic E-state index is 12.2. The molecule has 0 aromatic heterocycles. The van der Waals surface area contributed by atoms with Gasteiger partial charge in [-0.1, -0.05) is 32.2 Å². The number of allylic oxidation sites excluding steroid dienone is 4. The van der Waals surface area contributed by atoms with Crippen molar-refractivity contribution in [2.45, 2.75) is 95.2 Å². The molecule has 0 aromatic carbocycles. The molecule has 2 aliphatic carbocycles. The third-order valence-corrected chi connectivity index (χ3v) is 9.29. The predicted molar refractivity (Wildman–Crippen MR) is 153 cm³/mol. The van der Waals surface area contributed by atoms with Gasteiger partial charge in [-0.05, 0) is 75.4 Å². The Hall–Kier alpha value is -2.84. The topological polar surface area (TPSA) is 110 Å². The Kier molecular flexibility index (Phi) is 8.57. The van der Waals surface area contributed by atoms with Crippen molar-refractivity contribution in [3.05, 3.63) is 47.6 Å². The maximum Gasteiger partial charge on any atom is 0.334 e. The molecule has 8 atom stereocenters. The number of hydrogen-bond donors (Lipinski definition) is 1. The summed E-state index contributed by atoms with van der Waals surface area (Å²) in [4.78, 5) is 33.6. The number of nitrogens with zero attached hydrogens (tertiary/aromatic N) is 2. The zero-order valence-electron chi connectivity index (χ0n) is 23.7. The monoisotopic (exact) mass is 550 g/mol. The lowest BCUT2D eigenvalue weighted by Gasteiger charge is -2.28. The molecule has 8 heteroatoms. The first-order chi connectivity index (χ1) is 19.2. The van der Waals surface area contributed by atoms with E-state index >= 15 is 0 Å². The molecule has 3 saturated heterocycles. The Morgan fingerprint density at radius 3 is 2.10 bits per heavy atom. The van der Waals surface area contributed by atoms with Crippen molar-refractivity contribution in [3.8, 4) is 0 Å². The number of aliphatic imine (C=N–C) groups is 2. The number of ether oxygens (including phenoxy) is 3. The average molecular weight is 551 g/mol. The van der Waals surface area contributed by atoms with Crippen LogP contribution in [0.4, 0.5) is 0 Å². The van der Waals surface area contributed by atoms with Crippen LogP contribution in [-0.2, 0) is 23.8 Å². The molecule has 0 bridgehead atoms. The van der Waals surface area contributed by atoms with E-state index in [4.69, 9.17) is 14.2 Å². The summed E-state index contributed by atoms with van der Waals surface area (Å²) < 4.78 is 17.1. The van der Waals surface area contributed by atoms with Crippen LogP contribution in [0, 0.1) is 17.8 Å². The van der Waals surface area contributed by atoms with Gasteiger partial charge in [0.1, 0.15) is 18.3 Å². The van der Waals surface area contributed by atoms with E-state index in [0.717, 1.165) is 56.1 Å². The first-order valence-electron chi connectivity index (χ1n) is 14.7. The van der Waals surface area contributed by atoms with Gasteiger partial charge in [-0.3, -0.25) is 9.98 Å². The first kappa shape index (κ1) is 28.7. The Morgan fingerprint density at radius 1 is 0.925 bits per heavy atom. The Labute approximate surface area is 237 Å². The Morgan fingerprint density at radius 2 is 1.48 bits per heavy atom. The zero-order chi connectivity index (χ0) is 28.4. The van der Waals surface area contributed by atoms with E-state index in [9.17, 15) is 14.7 Å². The highest BCUT2D eigenvalue weighted by Crippen LogP contribution is 2.49. The molecule has 0 unspecified atom stereocenters. The molecular weight excluding hydrogens is 508 g/mol. The zero-order valence-corrected chi connectivity index (χ0v) is 23.7. The number of epoxide rings is 1. The Bertz CT molecular complexity index is 1170. The van der Waals surface area contributed by atoms with Crippen LogP contribution in [0.2, 0.25) is 0 Å². The van der Waals surface area contributed by atoms with E-state index in [1.807, 2.05) is 19.4 Å². The lowest BCUT2D eigenvalue weighted by Crippen LogP contribution is -2.36. The summed E-state index contributed by atoms with van der Waals surface area (Å²) >= 11 is 0. The number of aliphatic hydroxyl groups is 1. The summed E-state index contributed by atoms with van der Waals surface area (Å²) in [5.74, 6) is -0.849. The molecule has 3 fully saturated rings. The van der Waals surface area contributed by atoms with E-state index in [1.165, 1.54) is 0 Å². The standard InChI is InChI=1S/C32H42N2O6/c1-19-7-5-8-22(10-12-24-20(2)30(36)38-27(24)26(19)35)17-33-15-16-34-18-23-9-6-14-32(4)29(40-32)28-25(13-11-23)21(3)31(37)39-28/h8-9,17-19,24-29,35H,2-3,5-7,10-16H2,1,4H3/b22-8+,23-9+,33-17-,34-18?/t19-,24-,25-,26+,27-,28-,29-,32+/m0/s1. The molecule has 0 saturated carbocycles. The SMILES string of the molecule is C=C1C(=O)O[C@@H]2[C@H](O)[C@@H](C)CC/C=C(/C=N\CCN=C/C3=C/CC[C@@]4(C)O[C@H]4[C@H]4OC(=O)C(=C)[C@@H]4CC3)CC[C@@H]12. The molecule has 0 aromatic rings. The van der Waals surface area contributed by atoms with Crippen molar-refractivity contribution in [1.29, 1.82) is 0 Å². The number of hydrogen-bond acceptors (Lipinski definition) is 8. The second-order valence-corrected chi connectivity index (χ2v) is 12.1. The van der Waals surface area contributed by atoms with Gasteiger partial charge in [0.15, 0.2) is 0 Å². The van der Waals surface area contributed by atoms with Crippen LogP contribution >= 0.6 is 0 Å². The van der Waals surface area contributed by atoms with Gasteiger partial charge >= 0.3 is 11.9 Å². The van der Waals surface area contributed by atoms with Gasteiger partial charge in [-0.25, -0.2) is 9.59 Å². The van der Waals surface area contributed by atoms with Gasteiger partial charge < -0.3 is 19.3 Å². The molecule has 40 heavy (non-hydrogen) atoms. The minimum atomic E-state index is -0.673. The molecule has 216 valence electrons. The summed E-state index contributed by atoms with van der Waals surface area (Å²) in [7, 11) is 0. The van der Waals surface area contributed by atoms with Gasteiger partial charge in [-0.15, -0.1) is 0 Å². The Balaban J connectivity index is 1.14. The molecule has 5 aliphatic rings. The summed E-state index contributed by atoms with van der Waals surface area (Å²) in [6.45, 7) is 13.2. The van der Waals surface area contributed by atoms with Crippen molar-refractivity contribution in [1.82, 2.24) is 0 Å². The number of esters is 2. The lowest BCUT2D eigenvalue weighted by atomic mass is 9.82. The molecule has 0 spiro atoms. The molecule has 3 aliphatic heterocycles. The minimum absolute atomic E-state index is 0.0167. The maximum absolute atomic E-state index is 12.2. The molecule has 0 amide bonds. The minimum Gasteiger partial charge on any atom is -0.456 e. The fourth-order valence-electron chi connectivity index (χ4n) is 6.52. The van der Waals surface area contributed by atoms with Crippen LogP contribution in [-0.4, -0.2) is 72.6 Å². The van der Waals surface area contributed by atoms with Gasteiger partial charge in [0.25, 0.3) is 0 Å². The summed E-state index contributed by atoms with van der Waals surface area (Å²) in [6, 6.07) is 0. The van der Waals surface area contributed by atoms with Crippen LogP contribution in [0.15, 0.2) is 57.6 Å². The second kappa shape index (κ2) is 12.0. The fraction of sp³-hybridized carbons (Fsp3) is 0.625. The van der Waals surface area contributed by atoms with Crippen LogP contribution in [0.1, 0.15) is 65.2 Å². The largest absolute Gasteiger partial charge is 0.456 e. The quantitative estimate of drug-likeness (QED) is 0.178. The van der Waals surface area contributed by atoms with Gasteiger partial charge in [0.2, 0.25) is 0 Å². The number of fused-ring (bicyclic) bond motifs is 4. The van der Waals surface area contributed by atoms with Crippen molar-refractivity contribution < 1.29 is 28.9 Å². The summed E-state index contributed by atoms with van der Waals surface area (Å²) in [5, 5.41) is 10.7. The molecule has 3 heterocycles. The normalized spacial score (nSPS) is 41.3. The lowest BCUT2D eigenvalue weighted by molar-refractivity contribution is -0.146. The van der Waals surface area contributed by atoms with E-state index in [0.29, 0.717) is 30.7 Å². The molecule has 0 radical (unpaired) electrons. The van der Waals surface area contributed by atoms with Gasteiger partial charge in [-0.2, -0.15) is 0 Å². The molecular formula is C32H42N2O6. The highest BCUT2D eigenvalue weighted by atomic mass is 16.6.